The second-order valence-electron chi connectivity index (χ2n) is 5.86. The van der Waals surface area contributed by atoms with Crippen molar-refractivity contribution >= 4 is 5.91 Å². The molecule has 6 heteroatoms. The third kappa shape index (κ3) is 4.15. The summed E-state index contributed by atoms with van der Waals surface area (Å²) in [5.74, 6) is 1.92. The third-order valence-electron chi connectivity index (χ3n) is 3.86. The Bertz CT molecular complexity index is 869. The van der Waals surface area contributed by atoms with Crippen LogP contribution in [0.4, 0.5) is 4.39 Å². The van der Waals surface area contributed by atoms with Gasteiger partial charge in [0.05, 0.1) is 18.3 Å². The summed E-state index contributed by atoms with van der Waals surface area (Å²) in [7, 11) is 1.72. The van der Waals surface area contributed by atoms with Gasteiger partial charge in [0, 0.05) is 19.9 Å². The number of hydrogen-bond donors (Lipinski definition) is 0. The normalized spacial score (nSPS) is 10.8. The molecule has 0 aliphatic carbocycles. The Balaban J connectivity index is 1.56. The standard InChI is InChI=1S/C19H19FN2O3/c1-13-7-8-14(24-13)12-22(2)19(23)10-9-18-21-11-17(25-18)15-5-3-4-6-16(15)20/h3-8,11H,9-10,12H2,1-2H3. The van der Waals surface area contributed by atoms with E-state index in [4.69, 9.17) is 8.83 Å². The molecule has 1 aromatic carbocycles. The molecule has 130 valence electrons. The number of carbonyl (C=O) groups excluding carboxylic acids is 1. The van der Waals surface area contributed by atoms with Crippen LogP contribution in [0.3, 0.4) is 0 Å². The van der Waals surface area contributed by atoms with Crippen LogP contribution < -0.4 is 0 Å². The first-order valence-electron chi connectivity index (χ1n) is 8.02. The monoisotopic (exact) mass is 342 g/mol. The molecule has 0 spiro atoms. The number of amides is 1. The Hall–Kier alpha value is -2.89. The SMILES string of the molecule is Cc1ccc(CN(C)C(=O)CCc2ncc(-c3ccccc3F)o2)o1. The van der Waals surface area contributed by atoms with E-state index in [2.05, 4.69) is 4.98 Å². The maximum absolute atomic E-state index is 13.8. The summed E-state index contributed by atoms with van der Waals surface area (Å²) in [6.07, 6.45) is 2.09. The molecule has 0 saturated heterocycles. The fraction of sp³-hybridized carbons (Fsp3) is 0.263. The van der Waals surface area contributed by atoms with Crippen LogP contribution in [0.15, 0.2) is 51.4 Å². The highest BCUT2D eigenvalue weighted by Gasteiger charge is 2.14. The van der Waals surface area contributed by atoms with Crippen molar-refractivity contribution in [3.63, 3.8) is 0 Å². The Labute approximate surface area is 145 Å². The maximum atomic E-state index is 13.8. The van der Waals surface area contributed by atoms with Crippen LogP contribution in [-0.2, 0) is 17.8 Å². The molecule has 0 aliphatic heterocycles. The fourth-order valence-electron chi connectivity index (χ4n) is 2.51. The summed E-state index contributed by atoms with van der Waals surface area (Å²) in [5, 5.41) is 0. The minimum atomic E-state index is -0.366. The largest absolute Gasteiger partial charge is 0.464 e. The van der Waals surface area contributed by atoms with Crippen molar-refractivity contribution in [3.05, 3.63) is 65.8 Å². The molecular weight excluding hydrogens is 323 g/mol. The quantitative estimate of drug-likeness (QED) is 0.680. The predicted molar refractivity (Wildman–Crippen MR) is 90.1 cm³/mol. The van der Waals surface area contributed by atoms with Gasteiger partial charge in [0.25, 0.3) is 0 Å². The van der Waals surface area contributed by atoms with Crippen LogP contribution in [0, 0.1) is 12.7 Å². The Kier molecular flexibility index (Phi) is 4.97. The molecular formula is C19H19FN2O3. The molecule has 2 heterocycles. The van der Waals surface area contributed by atoms with Gasteiger partial charge in [0.15, 0.2) is 11.7 Å². The number of benzene rings is 1. The lowest BCUT2D eigenvalue weighted by atomic mass is 10.2. The second-order valence-corrected chi connectivity index (χ2v) is 5.86. The first-order chi connectivity index (χ1) is 12.0. The third-order valence-corrected chi connectivity index (χ3v) is 3.86. The Morgan fingerprint density at radius 2 is 2.00 bits per heavy atom. The van der Waals surface area contributed by atoms with Gasteiger partial charge < -0.3 is 13.7 Å². The molecule has 0 fully saturated rings. The molecule has 3 aromatic rings. The number of oxazole rings is 1. The highest BCUT2D eigenvalue weighted by molar-refractivity contribution is 5.76. The predicted octanol–water partition coefficient (Wildman–Crippen LogP) is 3.97. The van der Waals surface area contributed by atoms with E-state index in [-0.39, 0.29) is 18.1 Å². The molecule has 0 saturated carbocycles. The molecule has 0 radical (unpaired) electrons. The van der Waals surface area contributed by atoms with E-state index in [0.717, 1.165) is 11.5 Å². The molecule has 2 aromatic heterocycles. The van der Waals surface area contributed by atoms with Crippen molar-refractivity contribution in [2.24, 2.45) is 0 Å². The number of halogens is 1. The van der Waals surface area contributed by atoms with E-state index < -0.39 is 0 Å². The zero-order valence-electron chi connectivity index (χ0n) is 14.2. The summed E-state index contributed by atoms with van der Waals surface area (Å²) in [6.45, 7) is 2.28. The van der Waals surface area contributed by atoms with Crippen LogP contribution >= 0.6 is 0 Å². The summed E-state index contributed by atoms with van der Waals surface area (Å²) >= 11 is 0. The first kappa shape index (κ1) is 17.0. The minimum Gasteiger partial charge on any atom is -0.464 e. The molecule has 0 aliphatic rings. The van der Waals surface area contributed by atoms with E-state index in [1.54, 1.807) is 30.1 Å². The molecule has 25 heavy (non-hydrogen) atoms. The number of furan rings is 1. The van der Waals surface area contributed by atoms with Crippen molar-refractivity contribution in [1.29, 1.82) is 0 Å². The lowest BCUT2D eigenvalue weighted by Crippen LogP contribution is -2.26. The van der Waals surface area contributed by atoms with Gasteiger partial charge in [-0.05, 0) is 31.2 Å². The van der Waals surface area contributed by atoms with Crippen LogP contribution in [0.25, 0.3) is 11.3 Å². The average Bonchev–Trinajstić information content (AvgIpc) is 3.22. The van der Waals surface area contributed by atoms with E-state index in [1.807, 2.05) is 19.1 Å². The number of hydrogen-bond acceptors (Lipinski definition) is 4. The van der Waals surface area contributed by atoms with Gasteiger partial charge in [-0.1, -0.05) is 12.1 Å². The zero-order valence-corrected chi connectivity index (χ0v) is 14.2. The fourth-order valence-corrected chi connectivity index (χ4v) is 2.51. The van der Waals surface area contributed by atoms with Crippen LogP contribution in [0.5, 0.6) is 0 Å². The van der Waals surface area contributed by atoms with Crippen molar-refractivity contribution in [2.45, 2.75) is 26.3 Å². The highest BCUT2D eigenvalue weighted by atomic mass is 19.1. The molecule has 0 unspecified atom stereocenters. The lowest BCUT2D eigenvalue weighted by molar-refractivity contribution is -0.130. The molecule has 1 amide bonds. The summed E-state index contributed by atoms with van der Waals surface area (Å²) in [4.78, 5) is 17.9. The first-order valence-corrected chi connectivity index (χ1v) is 8.02. The van der Waals surface area contributed by atoms with Crippen molar-refractivity contribution in [3.8, 4) is 11.3 Å². The number of carbonyl (C=O) groups is 1. The minimum absolute atomic E-state index is 0.0419. The van der Waals surface area contributed by atoms with Crippen molar-refractivity contribution < 1.29 is 18.0 Å². The molecule has 0 N–H and O–H groups in total. The van der Waals surface area contributed by atoms with Crippen LogP contribution in [0.2, 0.25) is 0 Å². The molecule has 0 atom stereocenters. The summed E-state index contributed by atoms with van der Waals surface area (Å²) in [5.41, 5.74) is 0.359. The topological polar surface area (TPSA) is 59.5 Å². The average molecular weight is 342 g/mol. The number of nitrogens with zero attached hydrogens (tertiary/aromatic N) is 2. The van der Waals surface area contributed by atoms with E-state index in [0.29, 0.717) is 30.2 Å². The lowest BCUT2D eigenvalue weighted by Gasteiger charge is -2.15. The summed E-state index contributed by atoms with van der Waals surface area (Å²) in [6, 6.07) is 10.1. The van der Waals surface area contributed by atoms with E-state index in [9.17, 15) is 9.18 Å². The second kappa shape index (κ2) is 7.34. The van der Waals surface area contributed by atoms with Gasteiger partial charge in [-0.15, -0.1) is 0 Å². The van der Waals surface area contributed by atoms with Crippen LogP contribution in [0.1, 0.15) is 23.8 Å². The van der Waals surface area contributed by atoms with Gasteiger partial charge in [-0.2, -0.15) is 0 Å². The van der Waals surface area contributed by atoms with E-state index >= 15 is 0 Å². The number of rotatable bonds is 6. The van der Waals surface area contributed by atoms with E-state index in [1.165, 1.54) is 12.3 Å². The number of aryl methyl sites for hydroxylation is 2. The smallest absolute Gasteiger partial charge is 0.223 e. The van der Waals surface area contributed by atoms with Crippen LogP contribution in [-0.4, -0.2) is 22.8 Å². The molecule has 5 nitrogen and oxygen atoms in total. The van der Waals surface area contributed by atoms with Gasteiger partial charge >= 0.3 is 0 Å². The molecule has 0 bridgehead atoms. The zero-order chi connectivity index (χ0) is 17.8. The Morgan fingerprint density at radius 1 is 1.20 bits per heavy atom. The van der Waals surface area contributed by atoms with Gasteiger partial charge in [0.2, 0.25) is 5.91 Å². The van der Waals surface area contributed by atoms with Crippen molar-refractivity contribution in [2.75, 3.05) is 7.05 Å². The van der Waals surface area contributed by atoms with Gasteiger partial charge in [0.1, 0.15) is 17.3 Å². The maximum Gasteiger partial charge on any atom is 0.223 e. The highest BCUT2D eigenvalue weighted by Crippen LogP contribution is 2.23. The summed E-state index contributed by atoms with van der Waals surface area (Å²) < 4.78 is 24.8. The van der Waals surface area contributed by atoms with Gasteiger partial charge in [-0.25, -0.2) is 9.37 Å². The Morgan fingerprint density at radius 3 is 2.72 bits per heavy atom. The number of aromatic nitrogens is 1. The van der Waals surface area contributed by atoms with Gasteiger partial charge in [-0.3, -0.25) is 4.79 Å². The molecule has 3 rings (SSSR count). The van der Waals surface area contributed by atoms with Crippen molar-refractivity contribution in [1.82, 2.24) is 9.88 Å².